The van der Waals surface area contributed by atoms with Gasteiger partial charge in [0.05, 0.1) is 12.7 Å². The van der Waals surface area contributed by atoms with Crippen LogP contribution in [-0.4, -0.2) is 40.7 Å². The summed E-state index contributed by atoms with van der Waals surface area (Å²) in [6, 6.07) is 0. The van der Waals surface area contributed by atoms with Gasteiger partial charge >= 0.3 is 8.60 Å². The largest absolute Gasteiger partial charge is 0.391 e. The molecular weight excluding hydrogens is 193 g/mol. The summed E-state index contributed by atoms with van der Waals surface area (Å²) in [6.45, 7) is 7.86. The number of aliphatic hydroxyl groups excluding tert-OH is 1. The van der Waals surface area contributed by atoms with Crippen molar-refractivity contribution in [3.05, 3.63) is 0 Å². The van der Waals surface area contributed by atoms with E-state index in [4.69, 9.17) is 14.9 Å². The molecule has 13 heavy (non-hydrogen) atoms. The highest BCUT2D eigenvalue weighted by Crippen LogP contribution is 2.23. The van der Waals surface area contributed by atoms with Gasteiger partial charge in [0.25, 0.3) is 0 Å². The molecule has 0 fully saturated rings. The molecule has 4 N–H and O–H groups in total. The van der Waals surface area contributed by atoms with Gasteiger partial charge < -0.3 is 24.7 Å². The van der Waals surface area contributed by atoms with Crippen molar-refractivity contribution < 1.29 is 19.4 Å². The zero-order valence-electron chi connectivity index (χ0n) is 8.40. The monoisotopic (exact) mass is 213 g/mol. The summed E-state index contributed by atoms with van der Waals surface area (Å²) in [6.07, 6.45) is -0.640. The van der Waals surface area contributed by atoms with Crippen molar-refractivity contribution in [1.82, 2.24) is 5.32 Å². The molecule has 0 bridgehead atoms. The Bertz CT molecular complexity index is 82.6. The normalized spacial score (nSPS) is 12.2. The van der Waals surface area contributed by atoms with E-state index in [1.165, 1.54) is 6.92 Å². The molecule has 0 heterocycles. The highest BCUT2D eigenvalue weighted by Gasteiger charge is 2.00. The molecule has 0 aliphatic heterocycles. The number of hydrogen-bond donors (Lipinski definition) is 4. The number of hydrogen-bond acceptors (Lipinski definition) is 5. The van der Waals surface area contributed by atoms with Crippen molar-refractivity contribution in [1.29, 1.82) is 0 Å². The molecule has 1 unspecified atom stereocenters. The molecular formula is C7H20NO4P. The van der Waals surface area contributed by atoms with Crippen LogP contribution in [0.25, 0.3) is 0 Å². The van der Waals surface area contributed by atoms with E-state index in [2.05, 4.69) is 23.7 Å². The van der Waals surface area contributed by atoms with Crippen LogP contribution in [0.2, 0.25) is 0 Å². The minimum atomic E-state index is -2.29. The molecule has 0 radical (unpaired) electrons. The molecule has 0 saturated heterocycles. The molecule has 0 amide bonds. The lowest BCUT2D eigenvalue weighted by atomic mass is 10.5. The first-order chi connectivity index (χ1) is 6.04. The van der Waals surface area contributed by atoms with Gasteiger partial charge in [0, 0.05) is 0 Å². The fraction of sp³-hybridized carbons (Fsp3) is 1.00. The zero-order valence-corrected chi connectivity index (χ0v) is 9.29. The minimum absolute atomic E-state index is 0.0291. The van der Waals surface area contributed by atoms with Crippen molar-refractivity contribution >= 4 is 8.60 Å². The van der Waals surface area contributed by atoms with Gasteiger partial charge in [0.1, 0.15) is 0 Å². The Morgan fingerprint density at radius 1 is 1.31 bits per heavy atom. The predicted octanol–water partition coefficient (Wildman–Crippen LogP) is 0.211. The summed E-state index contributed by atoms with van der Waals surface area (Å²) in [5.41, 5.74) is 0. The minimum Gasteiger partial charge on any atom is -0.391 e. The summed E-state index contributed by atoms with van der Waals surface area (Å²) < 4.78 is 4.23. The molecule has 1 atom stereocenters. The van der Waals surface area contributed by atoms with Crippen LogP contribution in [0.4, 0.5) is 0 Å². The molecule has 0 aromatic carbocycles. The average Bonchev–Trinajstić information content (AvgIpc) is 2.03. The van der Waals surface area contributed by atoms with Crippen molar-refractivity contribution in [2.75, 3.05) is 19.7 Å². The Labute approximate surface area is 80.7 Å². The highest BCUT2D eigenvalue weighted by atomic mass is 31.2. The van der Waals surface area contributed by atoms with Crippen LogP contribution in [0.5, 0.6) is 0 Å². The molecule has 0 rings (SSSR count). The van der Waals surface area contributed by atoms with Crippen LogP contribution < -0.4 is 5.32 Å². The first-order valence-electron chi connectivity index (χ1n) is 4.24. The van der Waals surface area contributed by atoms with E-state index in [0.29, 0.717) is 0 Å². The van der Waals surface area contributed by atoms with Crippen molar-refractivity contribution in [2.45, 2.75) is 26.9 Å². The van der Waals surface area contributed by atoms with Gasteiger partial charge in [-0.1, -0.05) is 13.8 Å². The van der Waals surface area contributed by atoms with Crippen molar-refractivity contribution in [2.24, 2.45) is 0 Å². The highest BCUT2D eigenvalue weighted by molar-refractivity contribution is 7.39. The molecule has 82 valence electrons. The third kappa shape index (κ3) is 24.5. The fourth-order valence-corrected chi connectivity index (χ4v) is 0.774. The summed E-state index contributed by atoms with van der Waals surface area (Å²) in [4.78, 5) is 16.2. The SMILES string of the molecule is CC(O)COP(O)O.CCNCC. The average molecular weight is 213 g/mol. The van der Waals surface area contributed by atoms with Crippen LogP contribution >= 0.6 is 8.60 Å². The first-order valence-corrected chi connectivity index (χ1v) is 5.40. The maximum atomic E-state index is 8.46. The van der Waals surface area contributed by atoms with Crippen LogP contribution in [0.1, 0.15) is 20.8 Å². The summed E-state index contributed by atoms with van der Waals surface area (Å²) in [7, 11) is -2.29. The fourth-order valence-electron chi connectivity index (χ4n) is 0.425. The lowest BCUT2D eigenvalue weighted by Gasteiger charge is -2.04. The second-order valence-corrected chi connectivity index (χ2v) is 3.12. The summed E-state index contributed by atoms with van der Waals surface area (Å²) >= 11 is 0. The third-order valence-corrected chi connectivity index (χ3v) is 1.31. The first kappa shape index (κ1) is 15.7. The second-order valence-electron chi connectivity index (χ2n) is 2.35. The van der Waals surface area contributed by atoms with Gasteiger partial charge in [-0.2, -0.15) is 0 Å². The summed E-state index contributed by atoms with van der Waals surface area (Å²) in [5.74, 6) is 0. The van der Waals surface area contributed by atoms with Gasteiger partial charge in [-0.15, -0.1) is 0 Å². The van der Waals surface area contributed by atoms with Crippen LogP contribution in [0, 0.1) is 0 Å². The molecule has 0 aliphatic carbocycles. The molecule has 0 saturated carbocycles. The van der Waals surface area contributed by atoms with Crippen molar-refractivity contribution in [3.63, 3.8) is 0 Å². The second kappa shape index (κ2) is 12.2. The van der Waals surface area contributed by atoms with E-state index in [0.717, 1.165) is 13.1 Å². The Morgan fingerprint density at radius 2 is 1.77 bits per heavy atom. The van der Waals surface area contributed by atoms with E-state index >= 15 is 0 Å². The topological polar surface area (TPSA) is 82.0 Å². The van der Waals surface area contributed by atoms with Crippen LogP contribution in [0.3, 0.4) is 0 Å². The maximum absolute atomic E-state index is 8.46. The summed E-state index contributed by atoms with van der Waals surface area (Å²) in [5, 5.41) is 11.6. The number of rotatable bonds is 5. The maximum Gasteiger partial charge on any atom is 0.327 e. The third-order valence-electron chi connectivity index (χ3n) is 0.931. The number of aliphatic hydroxyl groups is 1. The Balaban J connectivity index is 0. The van der Waals surface area contributed by atoms with Gasteiger partial charge in [-0.3, -0.25) is 0 Å². The molecule has 0 aromatic rings. The predicted molar refractivity (Wildman–Crippen MR) is 53.2 cm³/mol. The van der Waals surface area contributed by atoms with E-state index in [-0.39, 0.29) is 6.61 Å². The Morgan fingerprint density at radius 3 is 1.85 bits per heavy atom. The van der Waals surface area contributed by atoms with E-state index < -0.39 is 14.7 Å². The molecule has 0 spiro atoms. The van der Waals surface area contributed by atoms with Crippen LogP contribution in [-0.2, 0) is 4.52 Å². The molecule has 0 aromatic heterocycles. The standard InChI is InChI=1S/C4H11N.C3H9O4P/c1-3-5-4-2;1-3(4)2-7-8(5)6/h5H,3-4H2,1-2H3;3-6H,2H2,1H3. The molecule has 0 aliphatic rings. The van der Waals surface area contributed by atoms with Gasteiger partial charge in [-0.05, 0) is 20.0 Å². The van der Waals surface area contributed by atoms with E-state index in [1.54, 1.807) is 0 Å². The molecule has 5 nitrogen and oxygen atoms in total. The van der Waals surface area contributed by atoms with Gasteiger partial charge in [0.2, 0.25) is 0 Å². The lowest BCUT2D eigenvalue weighted by Crippen LogP contribution is -2.09. The number of nitrogens with one attached hydrogen (secondary N) is 1. The van der Waals surface area contributed by atoms with E-state index in [9.17, 15) is 0 Å². The zero-order chi connectivity index (χ0) is 10.7. The van der Waals surface area contributed by atoms with Crippen molar-refractivity contribution in [3.8, 4) is 0 Å². The van der Waals surface area contributed by atoms with Crippen LogP contribution in [0.15, 0.2) is 0 Å². The lowest BCUT2D eigenvalue weighted by molar-refractivity contribution is 0.113. The smallest absolute Gasteiger partial charge is 0.327 e. The Kier molecular flexibility index (Phi) is 14.8. The molecule has 6 heteroatoms. The quantitative estimate of drug-likeness (QED) is 0.491. The Hall–Kier alpha value is 0.230. The van der Waals surface area contributed by atoms with Gasteiger partial charge in [-0.25, -0.2) is 0 Å². The van der Waals surface area contributed by atoms with Gasteiger partial charge in [0.15, 0.2) is 0 Å². The van der Waals surface area contributed by atoms with E-state index in [1.807, 2.05) is 0 Å².